The van der Waals surface area contributed by atoms with Gasteiger partial charge in [-0.3, -0.25) is 0 Å². The average Bonchev–Trinajstić information content (AvgIpc) is 2.24. The molecular weight excluding hydrogens is 228 g/mol. The molecular formula is C12H15ClO3. The molecule has 0 bridgehead atoms. The van der Waals surface area contributed by atoms with Crippen molar-refractivity contribution >= 4 is 17.9 Å². The van der Waals surface area contributed by atoms with E-state index in [1.54, 1.807) is 6.07 Å². The van der Waals surface area contributed by atoms with E-state index in [0.717, 1.165) is 17.4 Å². The molecule has 0 saturated carbocycles. The van der Waals surface area contributed by atoms with Crippen LogP contribution in [0.2, 0.25) is 5.02 Å². The van der Waals surface area contributed by atoms with Gasteiger partial charge in [0.05, 0.1) is 12.1 Å². The number of carbonyl (C=O) groups is 1. The molecule has 4 heteroatoms. The number of benzene rings is 1. The van der Waals surface area contributed by atoms with Crippen LogP contribution in [0, 0.1) is 6.92 Å². The largest absolute Gasteiger partial charge is 0.503 e. The van der Waals surface area contributed by atoms with Crippen molar-refractivity contribution in [2.45, 2.75) is 26.2 Å². The highest BCUT2D eigenvalue weighted by Gasteiger charge is 2.18. The smallest absolute Gasteiger partial charge is 0.177 e. The summed E-state index contributed by atoms with van der Waals surface area (Å²) in [7, 11) is 1.47. The van der Waals surface area contributed by atoms with E-state index >= 15 is 0 Å². The monoisotopic (exact) mass is 242 g/mol. The van der Waals surface area contributed by atoms with Gasteiger partial charge in [-0.15, -0.1) is 0 Å². The Labute approximate surface area is 100.0 Å². The van der Waals surface area contributed by atoms with Crippen LogP contribution < -0.4 is 4.74 Å². The van der Waals surface area contributed by atoms with E-state index < -0.39 is 0 Å². The second kappa shape index (κ2) is 5.21. The van der Waals surface area contributed by atoms with Crippen molar-refractivity contribution in [3.8, 4) is 11.5 Å². The molecule has 16 heavy (non-hydrogen) atoms. The van der Waals surface area contributed by atoms with Gasteiger partial charge < -0.3 is 14.6 Å². The summed E-state index contributed by atoms with van der Waals surface area (Å²) in [6, 6.07) is 1.72. The third-order valence-corrected chi connectivity index (χ3v) is 3.00. The Bertz CT molecular complexity index is 402. The van der Waals surface area contributed by atoms with Crippen LogP contribution >= 0.6 is 11.6 Å². The number of methoxy groups -OCH3 is 1. The molecule has 1 aromatic carbocycles. The molecule has 0 spiro atoms. The van der Waals surface area contributed by atoms with Crippen molar-refractivity contribution < 1.29 is 14.6 Å². The van der Waals surface area contributed by atoms with Crippen LogP contribution in [0.5, 0.6) is 11.5 Å². The number of carbonyl (C=O) groups excluding carboxylic acids is 1. The number of phenolic OH excluding ortho intramolecular Hbond substituents is 1. The zero-order valence-corrected chi connectivity index (χ0v) is 10.3. The maximum Gasteiger partial charge on any atom is 0.177 e. The maximum absolute atomic E-state index is 10.5. The zero-order chi connectivity index (χ0) is 12.3. The normalized spacial score (nSPS) is 12.2. The Morgan fingerprint density at radius 2 is 2.25 bits per heavy atom. The number of aldehydes is 1. The minimum absolute atomic E-state index is 0.0122. The quantitative estimate of drug-likeness (QED) is 0.826. The van der Waals surface area contributed by atoms with E-state index in [-0.39, 0.29) is 16.7 Å². The SMILES string of the molecule is COc1cc(C)c(C(C)CC=O)c(Cl)c1O. The van der Waals surface area contributed by atoms with Crippen molar-refractivity contribution in [2.75, 3.05) is 7.11 Å². The first-order valence-electron chi connectivity index (χ1n) is 5.02. The molecule has 0 aromatic heterocycles. The molecule has 0 fully saturated rings. The summed E-state index contributed by atoms with van der Waals surface area (Å²) < 4.78 is 5.00. The Morgan fingerprint density at radius 3 is 2.75 bits per heavy atom. The third kappa shape index (κ3) is 2.30. The number of phenols is 1. The van der Waals surface area contributed by atoms with Crippen molar-refractivity contribution in [2.24, 2.45) is 0 Å². The van der Waals surface area contributed by atoms with Gasteiger partial charge in [0.1, 0.15) is 6.29 Å². The number of ether oxygens (including phenoxy) is 1. The van der Waals surface area contributed by atoms with Gasteiger partial charge >= 0.3 is 0 Å². The number of aromatic hydroxyl groups is 1. The highest BCUT2D eigenvalue weighted by atomic mass is 35.5. The van der Waals surface area contributed by atoms with E-state index in [4.69, 9.17) is 16.3 Å². The van der Waals surface area contributed by atoms with Gasteiger partial charge in [-0.05, 0) is 30.0 Å². The summed E-state index contributed by atoms with van der Waals surface area (Å²) in [6.45, 7) is 3.78. The molecule has 0 aliphatic heterocycles. The third-order valence-electron chi connectivity index (χ3n) is 2.61. The van der Waals surface area contributed by atoms with Gasteiger partial charge in [0, 0.05) is 6.42 Å². The zero-order valence-electron chi connectivity index (χ0n) is 9.58. The Hall–Kier alpha value is -1.22. The van der Waals surface area contributed by atoms with E-state index in [9.17, 15) is 9.90 Å². The predicted molar refractivity (Wildman–Crippen MR) is 63.5 cm³/mol. The number of hydrogen-bond donors (Lipinski definition) is 1. The molecule has 0 amide bonds. The van der Waals surface area contributed by atoms with E-state index in [2.05, 4.69) is 0 Å². The number of aryl methyl sites for hydroxylation is 1. The summed E-state index contributed by atoms with van der Waals surface area (Å²) in [5.74, 6) is 0.272. The first-order valence-corrected chi connectivity index (χ1v) is 5.40. The highest BCUT2D eigenvalue weighted by molar-refractivity contribution is 6.33. The standard InChI is InChI=1S/C12H15ClO3/c1-7(4-5-14)10-8(2)6-9(16-3)12(15)11(10)13/h5-7,15H,4H2,1-3H3. The first-order chi connectivity index (χ1) is 7.52. The molecule has 0 saturated heterocycles. The van der Waals surface area contributed by atoms with E-state index in [1.165, 1.54) is 7.11 Å². The Morgan fingerprint density at radius 1 is 1.62 bits per heavy atom. The molecule has 1 unspecified atom stereocenters. The molecule has 1 atom stereocenters. The number of hydrogen-bond acceptors (Lipinski definition) is 3. The molecule has 88 valence electrons. The van der Waals surface area contributed by atoms with Gasteiger partial charge in [0.25, 0.3) is 0 Å². The van der Waals surface area contributed by atoms with Crippen molar-refractivity contribution in [1.29, 1.82) is 0 Å². The van der Waals surface area contributed by atoms with Gasteiger partial charge in [0.15, 0.2) is 11.5 Å². The number of halogens is 1. The Kier molecular flexibility index (Phi) is 4.19. The average molecular weight is 243 g/mol. The minimum Gasteiger partial charge on any atom is -0.503 e. The predicted octanol–water partition coefficient (Wildman–Crippen LogP) is 3.06. The van der Waals surface area contributed by atoms with Gasteiger partial charge in [-0.25, -0.2) is 0 Å². The van der Waals surface area contributed by atoms with E-state index in [0.29, 0.717) is 12.2 Å². The van der Waals surface area contributed by atoms with Crippen LogP contribution in [0.3, 0.4) is 0 Å². The lowest BCUT2D eigenvalue weighted by Crippen LogP contribution is -2.00. The molecule has 0 aliphatic rings. The summed E-state index contributed by atoms with van der Waals surface area (Å²) in [6.07, 6.45) is 1.23. The van der Waals surface area contributed by atoms with Crippen LogP contribution in [-0.2, 0) is 4.79 Å². The van der Waals surface area contributed by atoms with Crippen molar-refractivity contribution in [3.05, 3.63) is 22.2 Å². The second-order valence-corrected chi connectivity index (χ2v) is 4.15. The fraction of sp³-hybridized carbons (Fsp3) is 0.417. The van der Waals surface area contributed by atoms with Gasteiger partial charge in [0.2, 0.25) is 0 Å². The van der Waals surface area contributed by atoms with Crippen molar-refractivity contribution in [3.63, 3.8) is 0 Å². The summed E-state index contributed by atoms with van der Waals surface area (Å²) >= 11 is 6.07. The van der Waals surface area contributed by atoms with Crippen LogP contribution in [0.1, 0.15) is 30.4 Å². The van der Waals surface area contributed by atoms with Crippen molar-refractivity contribution in [1.82, 2.24) is 0 Å². The fourth-order valence-electron chi connectivity index (χ4n) is 1.77. The molecule has 1 aromatic rings. The first kappa shape index (κ1) is 12.8. The maximum atomic E-state index is 10.5. The second-order valence-electron chi connectivity index (χ2n) is 3.78. The van der Waals surface area contributed by atoms with Crippen LogP contribution in [0.25, 0.3) is 0 Å². The molecule has 0 radical (unpaired) electrons. The van der Waals surface area contributed by atoms with E-state index in [1.807, 2.05) is 13.8 Å². The highest BCUT2D eigenvalue weighted by Crippen LogP contribution is 2.41. The lowest BCUT2D eigenvalue weighted by atomic mass is 9.93. The summed E-state index contributed by atoms with van der Waals surface area (Å²) in [5, 5.41) is 10.0. The van der Waals surface area contributed by atoms with Crippen LogP contribution in [0.15, 0.2) is 6.07 Å². The summed E-state index contributed by atoms with van der Waals surface area (Å²) in [5.41, 5.74) is 1.71. The Balaban J connectivity index is 3.29. The molecule has 0 aliphatic carbocycles. The molecule has 1 rings (SSSR count). The van der Waals surface area contributed by atoms with Crippen LogP contribution in [-0.4, -0.2) is 18.5 Å². The molecule has 3 nitrogen and oxygen atoms in total. The molecule has 1 N–H and O–H groups in total. The fourth-order valence-corrected chi connectivity index (χ4v) is 2.20. The lowest BCUT2D eigenvalue weighted by Gasteiger charge is -2.17. The number of rotatable bonds is 4. The van der Waals surface area contributed by atoms with Gasteiger partial charge in [-0.2, -0.15) is 0 Å². The molecule has 0 heterocycles. The van der Waals surface area contributed by atoms with Crippen LogP contribution in [0.4, 0.5) is 0 Å². The minimum atomic E-state index is -0.0671. The topological polar surface area (TPSA) is 46.5 Å². The summed E-state index contributed by atoms with van der Waals surface area (Å²) in [4.78, 5) is 10.5. The van der Waals surface area contributed by atoms with Gasteiger partial charge in [-0.1, -0.05) is 18.5 Å². The lowest BCUT2D eigenvalue weighted by molar-refractivity contribution is -0.108.